The van der Waals surface area contributed by atoms with Crippen LogP contribution in [0.15, 0.2) is 23.1 Å². The molecule has 0 aliphatic rings. The number of aryl methyl sites for hydroxylation is 1. The topological polar surface area (TPSA) is 76.7 Å². The van der Waals surface area contributed by atoms with Crippen molar-refractivity contribution in [3.8, 4) is 0 Å². The van der Waals surface area contributed by atoms with E-state index in [0.29, 0.717) is 28.2 Å². The highest BCUT2D eigenvalue weighted by atomic mass is 35.5. The van der Waals surface area contributed by atoms with Gasteiger partial charge in [-0.25, -0.2) is 0 Å². The normalized spacial score (nSPS) is 12.2. The quantitative estimate of drug-likeness (QED) is 0.706. The Labute approximate surface area is 150 Å². The zero-order chi connectivity index (χ0) is 16.8. The number of nitrogens with two attached hydrogens (primary N) is 1. The molecule has 3 N–H and O–H groups in total. The molecule has 0 saturated carbocycles. The summed E-state index contributed by atoms with van der Waals surface area (Å²) in [6.45, 7) is 4.08. The highest BCUT2D eigenvalue weighted by molar-refractivity contribution is 7.99. The fourth-order valence-corrected chi connectivity index (χ4v) is 3.52. The molecule has 0 fully saturated rings. The number of benzene rings is 1. The summed E-state index contributed by atoms with van der Waals surface area (Å²) in [6.07, 6.45) is 1.63. The summed E-state index contributed by atoms with van der Waals surface area (Å²) in [4.78, 5) is 13.5. The smallest absolute Gasteiger partial charge is 0.227 e. The standard InChI is InChI=1S/C15H19Cl2N5S/c1-3-10(8-23-12-7-9(16)5-6-11(12)17)19-15-21-13(4-2)20-14(18)22-15/h5-7,10H,3-4,8H2,1-2H3,(H3,18,19,20,21,22). The number of anilines is 2. The molecular weight excluding hydrogens is 353 g/mol. The number of aromatic nitrogens is 3. The highest BCUT2D eigenvalue weighted by Gasteiger charge is 2.12. The van der Waals surface area contributed by atoms with Gasteiger partial charge in [0.05, 0.1) is 5.02 Å². The van der Waals surface area contributed by atoms with Crippen molar-refractivity contribution in [2.75, 3.05) is 16.8 Å². The number of nitrogens with zero attached hydrogens (tertiary/aromatic N) is 3. The third kappa shape index (κ3) is 5.41. The first-order valence-corrected chi connectivity index (χ1v) is 9.10. The van der Waals surface area contributed by atoms with Crippen LogP contribution in [0.4, 0.5) is 11.9 Å². The molecular formula is C15H19Cl2N5S. The van der Waals surface area contributed by atoms with Crippen molar-refractivity contribution in [1.29, 1.82) is 0 Å². The van der Waals surface area contributed by atoms with Gasteiger partial charge in [0, 0.05) is 28.1 Å². The van der Waals surface area contributed by atoms with Crippen molar-refractivity contribution >= 4 is 46.9 Å². The van der Waals surface area contributed by atoms with Crippen LogP contribution in [0.25, 0.3) is 0 Å². The Bertz CT molecular complexity index is 668. The molecule has 124 valence electrons. The largest absolute Gasteiger partial charge is 0.368 e. The Morgan fingerprint density at radius 1 is 1.22 bits per heavy atom. The van der Waals surface area contributed by atoms with Gasteiger partial charge in [0.25, 0.3) is 0 Å². The fraction of sp³-hybridized carbons (Fsp3) is 0.400. The van der Waals surface area contributed by atoms with Crippen LogP contribution < -0.4 is 11.1 Å². The van der Waals surface area contributed by atoms with Crippen molar-refractivity contribution in [1.82, 2.24) is 15.0 Å². The van der Waals surface area contributed by atoms with Gasteiger partial charge >= 0.3 is 0 Å². The SMILES string of the molecule is CCc1nc(N)nc(NC(CC)CSc2cc(Cl)ccc2Cl)n1. The maximum absolute atomic E-state index is 6.19. The second-order valence-electron chi connectivity index (χ2n) is 4.92. The molecule has 2 aromatic rings. The molecule has 0 saturated heterocycles. The van der Waals surface area contributed by atoms with E-state index < -0.39 is 0 Å². The number of nitrogens with one attached hydrogen (secondary N) is 1. The van der Waals surface area contributed by atoms with Crippen LogP contribution >= 0.6 is 35.0 Å². The van der Waals surface area contributed by atoms with Crippen LogP contribution in [0.3, 0.4) is 0 Å². The lowest BCUT2D eigenvalue weighted by molar-refractivity contribution is 0.756. The predicted molar refractivity (Wildman–Crippen MR) is 98.5 cm³/mol. The second kappa shape index (κ2) is 8.57. The Morgan fingerprint density at radius 2 is 2.00 bits per heavy atom. The molecule has 2 rings (SSSR count). The number of thioether (sulfide) groups is 1. The average Bonchev–Trinajstić information content (AvgIpc) is 2.53. The lowest BCUT2D eigenvalue weighted by Crippen LogP contribution is -2.23. The van der Waals surface area contributed by atoms with Gasteiger partial charge in [0.1, 0.15) is 5.82 Å². The average molecular weight is 372 g/mol. The van der Waals surface area contributed by atoms with Gasteiger partial charge in [0.15, 0.2) is 0 Å². The van der Waals surface area contributed by atoms with Gasteiger partial charge in [-0.2, -0.15) is 15.0 Å². The monoisotopic (exact) mass is 371 g/mol. The molecule has 0 aliphatic heterocycles. The lowest BCUT2D eigenvalue weighted by atomic mass is 10.3. The Morgan fingerprint density at radius 3 is 2.70 bits per heavy atom. The minimum Gasteiger partial charge on any atom is -0.368 e. The summed E-state index contributed by atoms with van der Waals surface area (Å²) in [7, 11) is 0. The van der Waals surface area contributed by atoms with Crippen LogP contribution in [0.5, 0.6) is 0 Å². The maximum Gasteiger partial charge on any atom is 0.227 e. The molecule has 1 heterocycles. The molecule has 1 atom stereocenters. The van der Waals surface area contributed by atoms with Crippen molar-refractivity contribution in [2.24, 2.45) is 0 Å². The van der Waals surface area contributed by atoms with E-state index in [1.54, 1.807) is 23.9 Å². The van der Waals surface area contributed by atoms with E-state index in [4.69, 9.17) is 28.9 Å². The van der Waals surface area contributed by atoms with Gasteiger partial charge in [-0.05, 0) is 24.6 Å². The Balaban J connectivity index is 2.03. The Hall–Kier alpha value is -1.24. The summed E-state index contributed by atoms with van der Waals surface area (Å²) in [6, 6.07) is 5.64. The molecule has 1 aromatic heterocycles. The fourth-order valence-electron chi connectivity index (χ4n) is 1.88. The zero-order valence-corrected chi connectivity index (χ0v) is 15.3. The lowest BCUT2D eigenvalue weighted by Gasteiger charge is -2.17. The summed E-state index contributed by atoms with van der Waals surface area (Å²) in [5, 5.41) is 4.69. The third-order valence-corrected chi connectivity index (χ3v) is 5.07. The van der Waals surface area contributed by atoms with Crippen molar-refractivity contribution in [3.05, 3.63) is 34.1 Å². The van der Waals surface area contributed by atoms with E-state index in [1.807, 2.05) is 13.0 Å². The summed E-state index contributed by atoms with van der Waals surface area (Å²) < 4.78 is 0. The number of rotatable bonds is 7. The summed E-state index contributed by atoms with van der Waals surface area (Å²) >= 11 is 13.9. The van der Waals surface area contributed by atoms with E-state index in [2.05, 4.69) is 27.2 Å². The molecule has 23 heavy (non-hydrogen) atoms. The molecule has 0 bridgehead atoms. The van der Waals surface area contributed by atoms with Crippen LogP contribution in [-0.2, 0) is 6.42 Å². The molecule has 5 nitrogen and oxygen atoms in total. The highest BCUT2D eigenvalue weighted by Crippen LogP contribution is 2.30. The van der Waals surface area contributed by atoms with Gasteiger partial charge < -0.3 is 11.1 Å². The molecule has 0 aliphatic carbocycles. The molecule has 0 amide bonds. The third-order valence-electron chi connectivity index (χ3n) is 3.17. The zero-order valence-electron chi connectivity index (χ0n) is 13.0. The number of hydrogen-bond donors (Lipinski definition) is 2. The van der Waals surface area contributed by atoms with Crippen LogP contribution in [0, 0.1) is 0 Å². The van der Waals surface area contributed by atoms with Crippen LogP contribution in [0.2, 0.25) is 10.0 Å². The first-order valence-electron chi connectivity index (χ1n) is 7.36. The Kier molecular flexibility index (Phi) is 6.74. The first kappa shape index (κ1) is 18.1. The minimum atomic E-state index is 0.182. The first-order chi connectivity index (χ1) is 11.0. The number of hydrogen-bond acceptors (Lipinski definition) is 6. The molecule has 1 aromatic carbocycles. The van der Waals surface area contributed by atoms with Gasteiger partial charge in [-0.3, -0.25) is 0 Å². The van der Waals surface area contributed by atoms with E-state index in [1.165, 1.54) is 0 Å². The molecule has 0 spiro atoms. The van der Waals surface area contributed by atoms with Gasteiger partial charge in [-0.15, -0.1) is 11.8 Å². The minimum absolute atomic E-state index is 0.182. The summed E-state index contributed by atoms with van der Waals surface area (Å²) in [5.74, 6) is 2.24. The van der Waals surface area contributed by atoms with E-state index >= 15 is 0 Å². The van der Waals surface area contributed by atoms with Crippen molar-refractivity contribution < 1.29 is 0 Å². The molecule has 1 unspecified atom stereocenters. The van der Waals surface area contributed by atoms with E-state index in [-0.39, 0.29) is 12.0 Å². The van der Waals surface area contributed by atoms with E-state index in [9.17, 15) is 0 Å². The van der Waals surface area contributed by atoms with Crippen LogP contribution in [0.1, 0.15) is 26.1 Å². The predicted octanol–water partition coefficient (Wildman–Crippen LogP) is 4.31. The summed E-state index contributed by atoms with van der Waals surface area (Å²) in [5.41, 5.74) is 5.71. The van der Waals surface area contributed by atoms with Gasteiger partial charge in [-0.1, -0.05) is 37.0 Å². The van der Waals surface area contributed by atoms with Crippen LogP contribution in [-0.4, -0.2) is 26.7 Å². The number of nitrogen functional groups attached to an aromatic ring is 1. The molecule has 8 heteroatoms. The second-order valence-corrected chi connectivity index (χ2v) is 6.83. The van der Waals surface area contributed by atoms with Gasteiger partial charge in [0.2, 0.25) is 11.9 Å². The van der Waals surface area contributed by atoms with Crippen molar-refractivity contribution in [2.45, 2.75) is 37.6 Å². The van der Waals surface area contributed by atoms with Crippen molar-refractivity contribution in [3.63, 3.8) is 0 Å². The maximum atomic E-state index is 6.19. The number of halogens is 2. The molecule has 0 radical (unpaired) electrons. The van der Waals surface area contributed by atoms with E-state index in [0.717, 1.165) is 17.1 Å².